The molecule has 3 heterocycles. The maximum Gasteiger partial charge on any atom is 0.152 e. The Kier molecular flexibility index (Phi) is 4.39. The molecule has 1 aliphatic heterocycles. The van der Waals surface area contributed by atoms with Crippen LogP contribution in [0.15, 0.2) is 12.4 Å². The van der Waals surface area contributed by atoms with Crippen LogP contribution in [0.25, 0.3) is 0 Å². The molecule has 0 aromatic carbocycles. The first-order valence-electron chi connectivity index (χ1n) is 9.32. The number of imidazole rings is 1. The van der Waals surface area contributed by atoms with Gasteiger partial charge in [-0.05, 0) is 39.2 Å². The van der Waals surface area contributed by atoms with Crippen LogP contribution in [-0.4, -0.2) is 48.3 Å². The number of hydrogen-bond donors (Lipinski definition) is 0. The summed E-state index contributed by atoms with van der Waals surface area (Å²) in [5.74, 6) is 3.72. The molecule has 24 heavy (non-hydrogen) atoms. The van der Waals surface area contributed by atoms with Crippen LogP contribution in [0, 0.1) is 6.92 Å². The van der Waals surface area contributed by atoms with E-state index in [0.29, 0.717) is 5.92 Å². The van der Waals surface area contributed by atoms with Gasteiger partial charge in [0.25, 0.3) is 0 Å². The van der Waals surface area contributed by atoms with Crippen molar-refractivity contribution in [3.05, 3.63) is 29.9 Å². The van der Waals surface area contributed by atoms with E-state index in [1.807, 2.05) is 19.3 Å². The molecule has 0 unspecified atom stereocenters. The summed E-state index contributed by atoms with van der Waals surface area (Å²) >= 11 is 0. The van der Waals surface area contributed by atoms with Gasteiger partial charge in [0, 0.05) is 37.9 Å². The average molecular weight is 328 g/mol. The number of hydrogen-bond acceptors (Lipinski definition) is 4. The smallest absolute Gasteiger partial charge is 0.152 e. The van der Waals surface area contributed by atoms with E-state index in [0.717, 1.165) is 36.6 Å². The van der Waals surface area contributed by atoms with Crippen molar-refractivity contribution >= 4 is 0 Å². The molecule has 1 aliphatic carbocycles. The third-order valence-electron chi connectivity index (χ3n) is 5.89. The molecule has 1 atom stereocenters. The zero-order chi connectivity index (χ0) is 16.5. The summed E-state index contributed by atoms with van der Waals surface area (Å²) in [7, 11) is 2.12. The van der Waals surface area contributed by atoms with Crippen molar-refractivity contribution in [2.75, 3.05) is 13.1 Å². The van der Waals surface area contributed by atoms with Crippen molar-refractivity contribution < 1.29 is 0 Å². The molecule has 6 heteroatoms. The Morgan fingerprint density at radius 2 is 1.96 bits per heavy atom. The molecular weight excluding hydrogens is 300 g/mol. The van der Waals surface area contributed by atoms with Gasteiger partial charge in [0.1, 0.15) is 11.6 Å². The molecule has 0 spiro atoms. The molecule has 2 aromatic heterocycles. The van der Waals surface area contributed by atoms with Crippen molar-refractivity contribution in [2.45, 2.75) is 64.0 Å². The zero-order valence-corrected chi connectivity index (χ0v) is 14.9. The normalized spacial score (nSPS) is 23.2. The monoisotopic (exact) mass is 328 g/mol. The quantitative estimate of drug-likeness (QED) is 0.865. The Labute approximate surface area is 143 Å². The SMILES string of the molecule is Cc1nccn1Cc1nnc([C@@H]2CCCN(C3CCCC3)C2)n1C. The van der Waals surface area contributed by atoms with Crippen molar-refractivity contribution in [1.29, 1.82) is 0 Å². The Hall–Kier alpha value is -1.69. The van der Waals surface area contributed by atoms with Crippen molar-refractivity contribution in [3.8, 4) is 0 Å². The second kappa shape index (κ2) is 6.67. The number of nitrogens with zero attached hydrogens (tertiary/aromatic N) is 6. The Balaban J connectivity index is 1.48. The first-order valence-corrected chi connectivity index (χ1v) is 9.32. The van der Waals surface area contributed by atoms with Crippen LogP contribution in [0.4, 0.5) is 0 Å². The molecule has 6 nitrogen and oxygen atoms in total. The molecule has 0 amide bonds. The van der Waals surface area contributed by atoms with E-state index in [9.17, 15) is 0 Å². The standard InChI is InChI=1S/C18H28N6/c1-14-19-9-11-23(14)13-17-20-21-18(22(17)2)15-6-5-10-24(12-15)16-7-3-4-8-16/h9,11,15-16H,3-8,10,12-13H2,1-2H3/t15-/m1/s1. The minimum Gasteiger partial charge on any atom is -0.328 e. The third kappa shape index (κ3) is 2.99. The number of likely N-dealkylation sites (tertiary alicyclic amines) is 1. The van der Waals surface area contributed by atoms with E-state index < -0.39 is 0 Å². The van der Waals surface area contributed by atoms with Crippen LogP contribution >= 0.6 is 0 Å². The summed E-state index contributed by atoms with van der Waals surface area (Å²) in [4.78, 5) is 7.01. The second-order valence-electron chi connectivity index (χ2n) is 7.41. The summed E-state index contributed by atoms with van der Waals surface area (Å²) < 4.78 is 4.34. The van der Waals surface area contributed by atoms with E-state index in [4.69, 9.17) is 0 Å². The van der Waals surface area contributed by atoms with E-state index in [1.54, 1.807) is 0 Å². The van der Waals surface area contributed by atoms with Crippen molar-refractivity contribution in [2.24, 2.45) is 7.05 Å². The maximum atomic E-state index is 4.56. The predicted octanol–water partition coefficient (Wildman–Crippen LogP) is 2.49. The molecule has 130 valence electrons. The van der Waals surface area contributed by atoms with Crippen LogP contribution < -0.4 is 0 Å². The molecule has 0 N–H and O–H groups in total. The molecule has 0 bridgehead atoms. The number of piperidine rings is 1. The molecule has 0 radical (unpaired) electrons. The van der Waals surface area contributed by atoms with Gasteiger partial charge in [-0.1, -0.05) is 12.8 Å². The van der Waals surface area contributed by atoms with E-state index in [-0.39, 0.29) is 0 Å². The van der Waals surface area contributed by atoms with E-state index in [1.165, 1.54) is 45.1 Å². The van der Waals surface area contributed by atoms with Gasteiger partial charge in [-0.25, -0.2) is 4.98 Å². The van der Waals surface area contributed by atoms with Crippen LogP contribution in [0.3, 0.4) is 0 Å². The lowest BCUT2D eigenvalue weighted by atomic mass is 9.95. The third-order valence-corrected chi connectivity index (χ3v) is 5.89. The maximum absolute atomic E-state index is 4.56. The lowest BCUT2D eigenvalue weighted by Gasteiger charge is -2.36. The zero-order valence-electron chi connectivity index (χ0n) is 14.9. The van der Waals surface area contributed by atoms with Crippen LogP contribution in [0.1, 0.15) is 61.9 Å². The van der Waals surface area contributed by atoms with Gasteiger partial charge in [0.05, 0.1) is 6.54 Å². The summed E-state index contributed by atoms with van der Waals surface area (Å²) in [6, 6.07) is 0.814. The first kappa shape index (κ1) is 15.8. The lowest BCUT2D eigenvalue weighted by molar-refractivity contribution is 0.146. The fourth-order valence-electron chi connectivity index (χ4n) is 4.41. The van der Waals surface area contributed by atoms with Gasteiger partial charge in [-0.3, -0.25) is 4.90 Å². The number of aryl methyl sites for hydroxylation is 1. The molecule has 1 saturated heterocycles. The predicted molar refractivity (Wildman–Crippen MR) is 92.9 cm³/mol. The van der Waals surface area contributed by atoms with Gasteiger partial charge in [0.2, 0.25) is 0 Å². The van der Waals surface area contributed by atoms with Crippen molar-refractivity contribution in [1.82, 2.24) is 29.2 Å². The van der Waals surface area contributed by atoms with Gasteiger partial charge >= 0.3 is 0 Å². The number of aromatic nitrogens is 5. The molecule has 4 rings (SSSR count). The highest BCUT2D eigenvalue weighted by molar-refractivity contribution is 5.06. The van der Waals surface area contributed by atoms with Crippen LogP contribution in [0.5, 0.6) is 0 Å². The first-order chi connectivity index (χ1) is 11.7. The fourth-order valence-corrected chi connectivity index (χ4v) is 4.41. The summed E-state index contributed by atoms with van der Waals surface area (Å²) in [5.41, 5.74) is 0. The van der Waals surface area contributed by atoms with Gasteiger partial charge in [-0.15, -0.1) is 10.2 Å². The molecule has 1 saturated carbocycles. The fraction of sp³-hybridized carbons (Fsp3) is 0.722. The highest BCUT2D eigenvalue weighted by atomic mass is 15.3. The molecule has 2 aromatic rings. The van der Waals surface area contributed by atoms with Gasteiger partial charge < -0.3 is 9.13 Å². The van der Waals surface area contributed by atoms with E-state index in [2.05, 4.69) is 36.3 Å². The summed E-state index contributed by atoms with van der Waals surface area (Å²) in [6.45, 7) is 5.19. The van der Waals surface area contributed by atoms with Crippen molar-refractivity contribution in [3.63, 3.8) is 0 Å². The second-order valence-corrected chi connectivity index (χ2v) is 7.41. The summed E-state index contributed by atoms with van der Waals surface area (Å²) in [5, 5.41) is 9.04. The average Bonchev–Trinajstić information content (AvgIpc) is 3.32. The molecule has 2 aliphatic rings. The lowest BCUT2D eigenvalue weighted by Crippen LogP contribution is -2.41. The van der Waals surface area contributed by atoms with Gasteiger partial charge in [0.15, 0.2) is 5.82 Å². The topological polar surface area (TPSA) is 51.8 Å². The number of rotatable bonds is 4. The Morgan fingerprint density at radius 1 is 1.12 bits per heavy atom. The Bertz CT molecular complexity index is 681. The molecule has 2 fully saturated rings. The summed E-state index contributed by atoms with van der Waals surface area (Å²) in [6.07, 6.45) is 11.9. The van der Waals surface area contributed by atoms with Crippen LogP contribution in [0.2, 0.25) is 0 Å². The molecular formula is C18H28N6. The highest BCUT2D eigenvalue weighted by Gasteiger charge is 2.30. The minimum absolute atomic E-state index is 0.523. The minimum atomic E-state index is 0.523. The largest absolute Gasteiger partial charge is 0.328 e. The van der Waals surface area contributed by atoms with Crippen LogP contribution in [-0.2, 0) is 13.6 Å². The Morgan fingerprint density at radius 3 is 2.71 bits per heavy atom. The highest BCUT2D eigenvalue weighted by Crippen LogP contribution is 2.31. The van der Waals surface area contributed by atoms with E-state index >= 15 is 0 Å². The van der Waals surface area contributed by atoms with Gasteiger partial charge in [-0.2, -0.15) is 0 Å².